The Labute approximate surface area is 118 Å². The predicted molar refractivity (Wildman–Crippen MR) is 49.0 cm³/mol. The molecule has 0 atom stereocenters. The van der Waals surface area contributed by atoms with Crippen LogP contribution in [0.3, 0.4) is 0 Å². The number of aromatic carboxylic acids is 2. The summed E-state index contributed by atoms with van der Waals surface area (Å²) in [6.07, 6.45) is 0. The first-order chi connectivity index (χ1) is 7.25. The molecule has 0 spiro atoms. The van der Waals surface area contributed by atoms with Crippen molar-refractivity contribution < 1.29 is 62.3 Å². The Morgan fingerprint density at radius 3 is 2.06 bits per heavy atom. The van der Waals surface area contributed by atoms with E-state index in [1.807, 2.05) is 6.07 Å². The van der Waals surface area contributed by atoms with Crippen LogP contribution in [0.2, 0.25) is 0 Å². The van der Waals surface area contributed by atoms with Gasteiger partial charge in [0, 0.05) is 0 Å². The first-order valence-corrected chi connectivity index (χ1v) is 5.18. The first kappa shape index (κ1) is 16.1. The standard InChI is InChI=1S/C8H5O7S.Na/c9-7(10)4-2-1-3-5(16(13,14)15)6(4)8(11)12;/h1-2H,(H,9,10)(H,11,12)(H,13,14,15);/q-1;+1. The molecule has 1 rings (SSSR count). The van der Waals surface area contributed by atoms with E-state index in [-0.39, 0.29) is 29.6 Å². The Morgan fingerprint density at radius 2 is 1.71 bits per heavy atom. The molecular weight excluding hydrogens is 263 g/mol. The monoisotopic (exact) mass is 268 g/mol. The summed E-state index contributed by atoms with van der Waals surface area (Å²) in [6.45, 7) is 0. The van der Waals surface area contributed by atoms with Crippen LogP contribution < -0.4 is 29.6 Å². The van der Waals surface area contributed by atoms with Crippen molar-refractivity contribution in [3.8, 4) is 0 Å². The summed E-state index contributed by atoms with van der Waals surface area (Å²) in [5.74, 6) is -3.39. The van der Waals surface area contributed by atoms with E-state index in [9.17, 15) is 18.0 Å². The Morgan fingerprint density at radius 1 is 1.18 bits per heavy atom. The van der Waals surface area contributed by atoms with Crippen molar-refractivity contribution in [3.63, 3.8) is 0 Å². The van der Waals surface area contributed by atoms with Gasteiger partial charge in [-0.1, -0.05) is 0 Å². The van der Waals surface area contributed by atoms with Gasteiger partial charge in [0.05, 0.1) is 0 Å². The third-order valence-corrected chi connectivity index (χ3v) is 2.50. The Hall–Kier alpha value is -0.930. The van der Waals surface area contributed by atoms with Gasteiger partial charge in [0.25, 0.3) is 16.1 Å². The van der Waals surface area contributed by atoms with Crippen LogP contribution in [0.25, 0.3) is 0 Å². The molecule has 0 aromatic heterocycles. The molecule has 9 heteroatoms. The van der Waals surface area contributed by atoms with Crippen LogP contribution in [-0.2, 0) is 10.1 Å². The van der Waals surface area contributed by atoms with E-state index in [0.717, 1.165) is 12.1 Å². The zero-order valence-electron chi connectivity index (χ0n) is 8.54. The molecule has 0 saturated carbocycles. The topological polar surface area (TPSA) is 129 Å². The van der Waals surface area contributed by atoms with E-state index in [1.54, 1.807) is 0 Å². The fraction of sp³-hybridized carbons (Fsp3) is 0. The van der Waals surface area contributed by atoms with Crippen LogP contribution in [-0.4, -0.2) is 35.1 Å². The van der Waals surface area contributed by atoms with Gasteiger partial charge in [-0.05, 0) is 16.0 Å². The molecule has 1 aromatic carbocycles. The van der Waals surface area contributed by atoms with Gasteiger partial charge in [0.15, 0.2) is 0 Å². The third kappa shape index (κ3) is 3.51. The number of carbonyl (C=O) groups is 2. The normalized spacial score (nSPS) is 10.4. The molecule has 0 fully saturated rings. The molecule has 1 aromatic rings. The number of carboxylic acids is 2. The molecule has 0 aliphatic heterocycles. The van der Waals surface area contributed by atoms with Crippen molar-refractivity contribution in [2.45, 2.75) is 4.90 Å². The minimum absolute atomic E-state index is 0. The average Bonchev–Trinajstić information content (AvgIpc) is 2.14. The summed E-state index contributed by atoms with van der Waals surface area (Å²) < 4.78 is 30.3. The summed E-state index contributed by atoms with van der Waals surface area (Å²) in [5, 5.41) is 17.4. The molecule has 0 saturated heterocycles. The van der Waals surface area contributed by atoms with Crippen LogP contribution in [0, 0.1) is 6.07 Å². The van der Waals surface area contributed by atoms with Crippen LogP contribution in [0.5, 0.6) is 0 Å². The zero-order valence-corrected chi connectivity index (χ0v) is 11.4. The molecule has 0 aliphatic carbocycles. The van der Waals surface area contributed by atoms with E-state index >= 15 is 0 Å². The third-order valence-electron chi connectivity index (χ3n) is 1.66. The van der Waals surface area contributed by atoms with Gasteiger partial charge < -0.3 is 10.2 Å². The van der Waals surface area contributed by atoms with Crippen molar-refractivity contribution >= 4 is 22.1 Å². The molecule has 17 heavy (non-hydrogen) atoms. The summed E-state index contributed by atoms with van der Waals surface area (Å²) in [4.78, 5) is 20.3. The fourth-order valence-electron chi connectivity index (χ4n) is 1.07. The molecule has 0 bridgehead atoms. The zero-order chi connectivity index (χ0) is 12.5. The quantitative estimate of drug-likeness (QED) is 0.305. The maximum atomic E-state index is 10.8. The van der Waals surface area contributed by atoms with Gasteiger partial charge in [-0.3, -0.25) is 9.35 Å². The van der Waals surface area contributed by atoms with Gasteiger partial charge in [-0.15, -0.1) is 0 Å². The Bertz CT molecular complexity index is 563. The molecule has 0 radical (unpaired) electrons. The average molecular weight is 268 g/mol. The minimum Gasteiger partial charge on any atom is -0.487 e. The Kier molecular flexibility index (Phi) is 5.30. The smallest absolute Gasteiger partial charge is 0.487 e. The van der Waals surface area contributed by atoms with Crippen LogP contribution in [0.15, 0.2) is 17.0 Å². The summed E-state index contributed by atoms with van der Waals surface area (Å²) >= 11 is 0. The second-order valence-electron chi connectivity index (χ2n) is 2.68. The maximum absolute atomic E-state index is 10.8. The largest absolute Gasteiger partial charge is 1.00 e. The van der Waals surface area contributed by atoms with E-state index in [2.05, 4.69) is 0 Å². The van der Waals surface area contributed by atoms with Gasteiger partial charge in [0.1, 0.15) is 0 Å². The van der Waals surface area contributed by atoms with Crippen LogP contribution in [0.4, 0.5) is 0 Å². The molecule has 3 N–H and O–H groups in total. The summed E-state index contributed by atoms with van der Waals surface area (Å²) in [6, 6.07) is 3.75. The molecule has 0 heterocycles. The second-order valence-corrected chi connectivity index (χ2v) is 4.04. The molecule has 7 nitrogen and oxygen atoms in total. The van der Waals surface area contributed by atoms with Crippen molar-refractivity contribution in [2.75, 3.05) is 0 Å². The van der Waals surface area contributed by atoms with Gasteiger partial charge >= 0.3 is 35.5 Å². The predicted octanol–water partition coefficient (Wildman–Crippen LogP) is -2.87. The maximum Gasteiger partial charge on any atom is 1.00 e. The molecule has 86 valence electrons. The van der Waals surface area contributed by atoms with Gasteiger partial charge in [-0.25, -0.2) is 4.79 Å². The minimum atomic E-state index is -4.83. The second kappa shape index (κ2) is 5.61. The van der Waals surface area contributed by atoms with Gasteiger partial charge in [0.2, 0.25) is 0 Å². The van der Waals surface area contributed by atoms with E-state index < -0.39 is 38.1 Å². The Balaban J connectivity index is 0.00000256. The van der Waals surface area contributed by atoms with Crippen molar-refractivity contribution in [1.82, 2.24) is 0 Å². The molecule has 0 aliphatic rings. The fourth-order valence-corrected chi connectivity index (χ4v) is 1.74. The van der Waals surface area contributed by atoms with Gasteiger partial charge in [-0.2, -0.15) is 26.6 Å². The number of benzene rings is 1. The van der Waals surface area contributed by atoms with Crippen molar-refractivity contribution in [2.24, 2.45) is 0 Å². The molecule has 0 unspecified atom stereocenters. The van der Waals surface area contributed by atoms with Crippen LogP contribution >= 0.6 is 0 Å². The van der Waals surface area contributed by atoms with E-state index in [1.165, 1.54) is 0 Å². The number of carboxylic acid groups (broad SMARTS) is 2. The molecule has 0 amide bonds. The molecular formula is C8H5NaO7S. The van der Waals surface area contributed by atoms with Crippen molar-refractivity contribution in [1.29, 1.82) is 0 Å². The number of rotatable bonds is 3. The number of hydrogen-bond acceptors (Lipinski definition) is 4. The summed E-state index contributed by atoms with van der Waals surface area (Å²) in [5.41, 5.74) is -1.75. The van der Waals surface area contributed by atoms with Crippen molar-refractivity contribution in [3.05, 3.63) is 29.3 Å². The first-order valence-electron chi connectivity index (χ1n) is 3.74. The van der Waals surface area contributed by atoms with E-state index in [0.29, 0.717) is 0 Å². The van der Waals surface area contributed by atoms with Crippen LogP contribution in [0.1, 0.15) is 20.7 Å². The van der Waals surface area contributed by atoms with E-state index in [4.69, 9.17) is 14.8 Å². The number of hydrogen-bond donors (Lipinski definition) is 3. The summed E-state index contributed by atoms with van der Waals surface area (Å²) in [7, 11) is -4.83. The SMILES string of the molecule is O=C(O)c1cc[c-]c(S(=O)(=O)O)c1C(=O)O.[Na+].